The highest BCUT2D eigenvalue weighted by molar-refractivity contribution is 8.00. The summed E-state index contributed by atoms with van der Waals surface area (Å²) in [6, 6.07) is 20.5. The van der Waals surface area contributed by atoms with E-state index in [2.05, 4.69) is 15.5 Å². The number of thioether (sulfide) groups is 1. The first-order valence-corrected chi connectivity index (χ1v) is 11.9. The highest BCUT2D eigenvalue weighted by Gasteiger charge is 2.23. The van der Waals surface area contributed by atoms with E-state index >= 15 is 0 Å². The second-order valence-corrected chi connectivity index (χ2v) is 8.91. The van der Waals surface area contributed by atoms with Gasteiger partial charge < -0.3 is 19.5 Å². The van der Waals surface area contributed by atoms with Gasteiger partial charge in [0.05, 0.1) is 30.8 Å². The van der Waals surface area contributed by atoms with Crippen LogP contribution in [0.4, 0.5) is 10.1 Å². The van der Waals surface area contributed by atoms with Crippen molar-refractivity contribution in [2.45, 2.75) is 23.9 Å². The Morgan fingerprint density at radius 2 is 1.67 bits per heavy atom. The van der Waals surface area contributed by atoms with Crippen LogP contribution < -0.4 is 19.5 Å². The molecule has 0 aliphatic heterocycles. The number of nitrogens with zero attached hydrogens (tertiary/aromatic N) is 3. The molecule has 0 spiro atoms. The van der Waals surface area contributed by atoms with Crippen molar-refractivity contribution in [2.24, 2.45) is 0 Å². The average Bonchev–Trinajstić information content (AvgIpc) is 3.30. The summed E-state index contributed by atoms with van der Waals surface area (Å²) in [4.78, 5) is 12.9. The smallest absolute Gasteiger partial charge is 0.237 e. The van der Waals surface area contributed by atoms with Gasteiger partial charge in [0.15, 0.2) is 11.0 Å². The third-order valence-electron chi connectivity index (χ3n) is 5.24. The first kappa shape index (κ1) is 25.1. The second kappa shape index (κ2) is 11.6. The van der Waals surface area contributed by atoms with Gasteiger partial charge in [-0.2, -0.15) is 0 Å². The molecule has 1 aromatic heterocycles. The Hall–Kier alpha value is -4.05. The molecule has 0 saturated heterocycles. The number of halogens is 1. The highest BCUT2D eigenvalue weighted by Crippen LogP contribution is 2.30. The lowest BCUT2D eigenvalue weighted by molar-refractivity contribution is -0.115. The van der Waals surface area contributed by atoms with Crippen LogP contribution in [0, 0.1) is 5.82 Å². The molecule has 1 amide bonds. The molecule has 0 radical (unpaired) electrons. The second-order valence-electron chi connectivity index (χ2n) is 7.60. The van der Waals surface area contributed by atoms with E-state index in [1.807, 2.05) is 6.07 Å². The third kappa shape index (κ3) is 5.77. The van der Waals surface area contributed by atoms with E-state index in [1.165, 1.54) is 13.2 Å². The molecule has 1 unspecified atom stereocenters. The van der Waals surface area contributed by atoms with E-state index in [-0.39, 0.29) is 18.2 Å². The number of ether oxygens (including phenoxy) is 3. The van der Waals surface area contributed by atoms with Crippen LogP contribution in [0.3, 0.4) is 0 Å². The zero-order valence-corrected chi connectivity index (χ0v) is 20.8. The van der Waals surface area contributed by atoms with Crippen LogP contribution >= 0.6 is 11.8 Å². The number of hydrogen-bond acceptors (Lipinski definition) is 7. The standard InChI is InChI=1S/C26H25FN4O4S/c1-17(25(32)28-21-9-5-7-11-23(21)34-3)36-26-30-29-24(31(26)22-10-6-4-8-20(22)27)16-35-19-14-12-18(33-2)13-15-19/h4-15,17H,16H2,1-3H3,(H,28,32). The van der Waals surface area contributed by atoms with Crippen molar-refractivity contribution in [2.75, 3.05) is 19.5 Å². The molecule has 0 aliphatic rings. The fraction of sp³-hybridized carbons (Fsp3) is 0.192. The lowest BCUT2D eigenvalue weighted by Gasteiger charge is -2.15. The number of amides is 1. The molecular formula is C26H25FN4O4S. The summed E-state index contributed by atoms with van der Waals surface area (Å²) in [6.07, 6.45) is 0. The van der Waals surface area contributed by atoms with Crippen molar-refractivity contribution in [3.8, 4) is 22.9 Å². The number of nitrogens with one attached hydrogen (secondary N) is 1. The average molecular weight is 509 g/mol. The lowest BCUT2D eigenvalue weighted by atomic mass is 10.3. The van der Waals surface area contributed by atoms with E-state index in [9.17, 15) is 9.18 Å². The minimum atomic E-state index is -0.569. The zero-order chi connectivity index (χ0) is 25.5. The molecule has 10 heteroatoms. The molecular weight excluding hydrogens is 483 g/mol. The van der Waals surface area contributed by atoms with Gasteiger partial charge in [0.25, 0.3) is 0 Å². The number of anilines is 1. The van der Waals surface area contributed by atoms with Crippen LogP contribution in [-0.2, 0) is 11.4 Å². The predicted octanol–water partition coefficient (Wildman–Crippen LogP) is 5.12. The Morgan fingerprint density at radius 3 is 2.39 bits per heavy atom. The fourth-order valence-corrected chi connectivity index (χ4v) is 4.24. The molecule has 0 bridgehead atoms. The summed E-state index contributed by atoms with van der Waals surface area (Å²) in [5.41, 5.74) is 0.817. The maximum absolute atomic E-state index is 14.8. The van der Waals surface area contributed by atoms with E-state index in [4.69, 9.17) is 14.2 Å². The maximum atomic E-state index is 14.8. The van der Waals surface area contributed by atoms with E-state index < -0.39 is 11.1 Å². The minimum absolute atomic E-state index is 0.0377. The molecule has 0 saturated carbocycles. The molecule has 1 heterocycles. The van der Waals surface area contributed by atoms with Crippen LogP contribution in [0.25, 0.3) is 5.69 Å². The zero-order valence-electron chi connectivity index (χ0n) is 20.0. The molecule has 186 valence electrons. The number of methoxy groups -OCH3 is 2. The van der Waals surface area contributed by atoms with Gasteiger partial charge in [0, 0.05) is 0 Å². The van der Waals surface area contributed by atoms with Gasteiger partial charge in [0.1, 0.15) is 29.7 Å². The van der Waals surface area contributed by atoms with Crippen molar-refractivity contribution in [1.82, 2.24) is 14.8 Å². The number of carbonyl (C=O) groups is 1. The van der Waals surface area contributed by atoms with Gasteiger partial charge >= 0.3 is 0 Å². The third-order valence-corrected chi connectivity index (χ3v) is 6.28. The molecule has 0 fully saturated rings. The fourth-order valence-electron chi connectivity index (χ4n) is 3.36. The molecule has 4 aromatic rings. The Bertz CT molecular complexity index is 1330. The number of carbonyl (C=O) groups excluding carboxylic acids is 1. The Balaban J connectivity index is 1.56. The van der Waals surface area contributed by atoms with Crippen molar-refractivity contribution in [1.29, 1.82) is 0 Å². The number of benzene rings is 3. The number of rotatable bonds is 10. The van der Waals surface area contributed by atoms with Crippen molar-refractivity contribution < 1.29 is 23.4 Å². The Kier molecular flexibility index (Phi) is 8.06. The number of para-hydroxylation sites is 3. The highest BCUT2D eigenvalue weighted by atomic mass is 32.2. The van der Waals surface area contributed by atoms with E-state index in [0.29, 0.717) is 33.9 Å². The van der Waals surface area contributed by atoms with Gasteiger partial charge in [-0.05, 0) is 55.5 Å². The number of hydrogen-bond donors (Lipinski definition) is 1. The molecule has 4 rings (SSSR count). The monoisotopic (exact) mass is 508 g/mol. The summed E-state index contributed by atoms with van der Waals surface area (Å²) in [5.74, 6) is 1.53. The molecule has 1 N–H and O–H groups in total. The SMILES string of the molecule is COc1ccc(OCc2nnc(SC(C)C(=O)Nc3ccccc3OC)n2-c2ccccc2F)cc1. The normalized spacial score (nSPS) is 11.6. The van der Waals surface area contributed by atoms with Crippen molar-refractivity contribution >= 4 is 23.4 Å². The van der Waals surface area contributed by atoms with Crippen LogP contribution in [0.15, 0.2) is 78.0 Å². The Labute approximate surface area is 212 Å². The first-order valence-electron chi connectivity index (χ1n) is 11.1. The van der Waals surface area contributed by atoms with Crippen molar-refractivity contribution in [3.63, 3.8) is 0 Å². The maximum Gasteiger partial charge on any atom is 0.237 e. The molecule has 1 atom stereocenters. The summed E-state index contributed by atoms with van der Waals surface area (Å²) >= 11 is 1.16. The van der Waals surface area contributed by atoms with Crippen LogP contribution in [-0.4, -0.2) is 40.1 Å². The summed E-state index contributed by atoms with van der Waals surface area (Å²) in [7, 11) is 3.12. The van der Waals surface area contributed by atoms with Gasteiger partial charge in [-0.15, -0.1) is 10.2 Å². The van der Waals surface area contributed by atoms with Gasteiger partial charge in [-0.3, -0.25) is 9.36 Å². The van der Waals surface area contributed by atoms with E-state index in [0.717, 1.165) is 11.8 Å². The lowest BCUT2D eigenvalue weighted by Crippen LogP contribution is -2.23. The van der Waals surface area contributed by atoms with Crippen LogP contribution in [0.2, 0.25) is 0 Å². The molecule has 3 aromatic carbocycles. The predicted molar refractivity (Wildman–Crippen MR) is 136 cm³/mol. The molecule has 36 heavy (non-hydrogen) atoms. The van der Waals surface area contributed by atoms with Crippen LogP contribution in [0.1, 0.15) is 12.7 Å². The van der Waals surface area contributed by atoms with E-state index in [1.54, 1.807) is 79.3 Å². The quantitative estimate of drug-likeness (QED) is 0.298. The summed E-state index contributed by atoms with van der Waals surface area (Å²) < 4.78 is 32.7. The van der Waals surface area contributed by atoms with Gasteiger partial charge in [-0.25, -0.2) is 4.39 Å². The summed E-state index contributed by atoms with van der Waals surface area (Å²) in [6.45, 7) is 1.78. The van der Waals surface area contributed by atoms with Crippen LogP contribution in [0.5, 0.6) is 17.2 Å². The summed E-state index contributed by atoms with van der Waals surface area (Å²) in [5, 5.41) is 11.1. The number of aromatic nitrogens is 3. The Morgan fingerprint density at radius 1 is 0.972 bits per heavy atom. The van der Waals surface area contributed by atoms with Gasteiger partial charge in [-0.1, -0.05) is 36.0 Å². The first-order chi connectivity index (χ1) is 17.5. The molecule has 0 aliphatic carbocycles. The largest absolute Gasteiger partial charge is 0.497 e. The van der Waals surface area contributed by atoms with Crippen molar-refractivity contribution in [3.05, 3.63) is 84.4 Å². The molecule has 8 nitrogen and oxygen atoms in total. The topological polar surface area (TPSA) is 87.5 Å². The minimum Gasteiger partial charge on any atom is -0.497 e. The van der Waals surface area contributed by atoms with Gasteiger partial charge in [0.2, 0.25) is 5.91 Å².